The molecule has 1 unspecified atom stereocenters. The van der Waals surface area contributed by atoms with Gasteiger partial charge in [-0.05, 0) is 30.0 Å². The Morgan fingerprint density at radius 1 is 1.33 bits per heavy atom. The van der Waals surface area contributed by atoms with E-state index in [9.17, 15) is 4.21 Å². The molecule has 154 valence electrons. The SMILES string of the molecule is C=CS(=O)N1CC(n2cc(-c3cc4cc(C)cc(OC)c4s3)c3c(N)ncnc32)C1. The normalized spacial score (nSPS) is 16.1. The maximum absolute atomic E-state index is 12.0. The largest absolute Gasteiger partial charge is 0.495 e. The second-order valence-corrected chi connectivity index (χ2v) is 9.80. The van der Waals surface area contributed by atoms with E-state index in [2.05, 4.69) is 46.4 Å². The van der Waals surface area contributed by atoms with E-state index < -0.39 is 11.0 Å². The summed E-state index contributed by atoms with van der Waals surface area (Å²) in [5.41, 5.74) is 9.24. The van der Waals surface area contributed by atoms with Gasteiger partial charge in [-0.3, -0.25) is 0 Å². The molecule has 0 radical (unpaired) electrons. The van der Waals surface area contributed by atoms with Crippen molar-refractivity contribution in [1.29, 1.82) is 0 Å². The fraction of sp³-hybridized carbons (Fsp3) is 0.238. The summed E-state index contributed by atoms with van der Waals surface area (Å²) >= 11 is 1.67. The van der Waals surface area contributed by atoms with E-state index >= 15 is 0 Å². The number of hydrogen-bond donors (Lipinski definition) is 1. The van der Waals surface area contributed by atoms with E-state index in [-0.39, 0.29) is 6.04 Å². The highest BCUT2D eigenvalue weighted by Crippen LogP contribution is 2.43. The molecule has 1 aliphatic rings. The number of ether oxygens (including phenoxy) is 1. The van der Waals surface area contributed by atoms with Crippen LogP contribution in [0, 0.1) is 6.92 Å². The second-order valence-electron chi connectivity index (χ2n) is 7.35. The molecule has 0 bridgehead atoms. The van der Waals surface area contributed by atoms with Gasteiger partial charge in [-0.15, -0.1) is 11.3 Å². The lowest BCUT2D eigenvalue weighted by atomic mass is 10.1. The highest BCUT2D eigenvalue weighted by atomic mass is 32.2. The van der Waals surface area contributed by atoms with Crippen LogP contribution in [0.1, 0.15) is 11.6 Å². The van der Waals surface area contributed by atoms with Crippen LogP contribution in [0.15, 0.2) is 42.7 Å². The molecule has 0 aliphatic carbocycles. The third-order valence-electron chi connectivity index (χ3n) is 5.47. The number of nitrogens with two attached hydrogens (primary N) is 1. The zero-order chi connectivity index (χ0) is 21.0. The average molecular weight is 440 g/mol. The Labute approximate surface area is 180 Å². The number of aryl methyl sites for hydroxylation is 1. The predicted octanol–water partition coefficient (Wildman–Crippen LogP) is 3.88. The van der Waals surface area contributed by atoms with Crippen molar-refractivity contribution in [3.63, 3.8) is 0 Å². The molecule has 30 heavy (non-hydrogen) atoms. The predicted molar refractivity (Wildman–Crippen MR) is 123 cm³/mol. The fourth-order valence-electron chi connectivity index (χ4n) is 3.97. The second kappa shape index (κ2) is 7.19. The summed E-state index contributed by atoms with van der Waals surface area (Å²) in [6, 6.07) is 6.55. The van der Waals surface area contributed by atoms with E-state index in [1.807, 2.05) is 10.4 Å². The minimum atomic E-state index is -1.15. The minimum Gasteiger partial charge on any atom is -0.495 e. The summed E-state index contributed by atoms with van der Waals surface area (Å²) < 4.78 is 22.7. The third kappa shape index (κ3) is 2.92. The molecule has 4 aromatic rings. The molecular weight excluding hydrogens is 418 g/mol. The van der Waals surface area contributed by atoms with Gasteiger partial charge >= 0.3 is 0 Å². The summed E-state index contributed by atoms with van der Waals surface area (Å²) in [6.45, 7) is 7.02. The molecule has 4 heterocycles. The van der Waals surface area contributed by atoms with Gasteiger partial charge in [0.1, 0.15) is 34.5 Å². The van der Waals surface area contributed by atoms with Gasteiger partial charge in [0, 0.05) is 35.1 Å². The van der Waals surface area contributed by atoms with Gasteiger partial charge < -0.3 is 15.0 Å². The zero-order valence-electron chi connectivity index (χ0n) is 16.7. The number of fused-ring (bicyclic) bond motifs is 2. The molecule has 5 rings (SSSR count). The molecular formula is C21H21N5O2S2. The van der Waals surface area contributed by atoms with Crippen molar-refractivity contribution in [3.8, 4) is 16.2 Å². The van der Waals surface area contributed by atoms with E-state index in [0.29, 0.717) is 18.9 Å². The van der Waals surface area contributed by atoms with Crippen LogP contribution in [0.2, 0.25) is 0 Å². The first-order valence-corrected chi connectivity index (χ1v) is 11.5. The van der Waals surface area contributed by atoms with Crippen LogP contribution in [-0.4, -0.2) is 43.2 Å². The van der Waals surface area contributed by atoms with Gasteiger partial charge in [0.15, 0.2) is 0 Å². The highest BCUT2D eigenvalue weighted by molar-refractivity contribution is 7.85. The van der Waals surface area contributed by atoms with Gasteiger partial charge in [0.25, 0.3) is 0 Å². The van der Waals surface area contributed by atoms with Crippen molar-refractivity contribution in [1.82, 2.24) is 18.8 Å². The molecule has 2 N–H and O–H groups in total. The average Bonchev–Trinajstić information content (AvgIpc) is 3.28. The molecule has 1 aromatic carbocycles. The fourth-order valence-corrected chi connectivity index (χ4v) is 5.96. The van der Waals surface area contributed by atoms with Crippen LogP contribution in [0.5, 0.6) is 5.75 Å². The Kier molecular flexibility index (Phi) is 4.61. The lowest BCUT2D eigenvalue weighted by Crippen LogP contribution is -2.47. The highest BCUT2D eigenvalue weighted by Gasteiger charge is 2.33. The monoisotopic (exact) mass is 439 g/mol. The number of methoxy groups -OCH3 is 1. The number of rotatable bonds is 5. The molecule has 9 heteroatoms. The molecule has 0 saturated carbocycles. The number of benzene rings is 1. The summed E-state index contributed by atoms with van der Waals surface area (Å²) in [4.78, 5) is 9.84. The van der Waals surface area contributed by atoms with Gasteiger partial charge in [-0.25, -0.2) is 18.5 Å². The van der Waals surface area contributed by atoms with Crippen molar-refractivity contribution in [2.45, 2.75) is 13.0 Å². The van der Waals surface area contributed by atoms with Crippen LogP contribution in [0.4, 0.5) is 5.82 Å². The minimum absolute atomic E-state index is 0.172. The number of nitrogens with zero attached hydrogens (tertiary/aromatic N) is 4. The van der Waals surface area contributed by atoms with Crippen molar-refractivity contribution in [2.75, 3.05) is 25.9 Å². The Morgan fingerprint density at radius 2 is 2.13 bits per heavy atom. The van der Waals surface area contributed by atoms with Crippen LogP contribution < -0.4 is 10.5 Å². The van der Waals surface area contributed by atoms with E-state index in [1.165, 1.54) is 11.7 Å². The quantitative estimate of drug-likeness (QED) is 0.510. The van der Waals surface area contributed by atoms with Crippen molar-refractivity contribution < 1.29 is 8.95 Å². The smallest absolute Gasteiger partial charge is 0.146 e. The van der Waals surface area contributed by atoms with Crippen LogP contribution in [-0.2, 0) is 11.0 Å². The lowest BCUT2D eigenvalue weighted by molar-refractivity contribution is 0.220. The third-order valence-corrected chi connectivity index (χ3v) is 7.76. The summed E-state index contributed by atoms with van der Waals surface area (Å²) in [5.74, 6) is 1.33. The number of aromatic nitrogens is 3. The number of thiophene rings is 1. The molecule has 0 spiro atoms. The lowest BCUT2D eigenvalue weighted by Gasteiger charge is -2.37. The van der Waals surface area contributed by atoms with E-state index in [1.54, 1.807) is 18.4 Å². The number of anilines is 1. The van der Waals surface area contributed by atoms with Gasteiger partial charge in [-0.2, -0.15) is 0 Å². The summed E-state index contributed by atoms with van der Waals surface area (Å²) in [6.07, 6.45) is 3.59. The van der Waals surface area contributed by atoms with Crippen molar-refractivity contribution >= 4 is 49.3 Å². The first-order chi connectivity index (χ1) is 14.5. The topological polar surface area (TPSA) is 86.3 Å². The number of nitrogen functional groups attached to an aromatic ring is 1. The maximum atomic E-state index is 12.0. The summed E-state index contributed by atoms with van der Waals surface area (Å²) in [7, 11) is 0.547. The molecule has 1 saturated heterocycles. The van der Waals surface area contributed by atoms with Gasteiger partial charge in [-0.1, -0.05) is 12.6 Å². The molecule has 1 atom stereocenters. The van der Waals surface area contributed by atoms with Crippen molar-refractivity contribution in [3.05, 3.63) is 48.3 Å². The van der Waals surface area contributed by atoms with E-state index in [0.717, 1.165) is 42.9 Å². The molecule has 3 aromatic heterocycles. The van der Waals surface area contributed by atoms with Crippen LogP contribution >= 0.6 is 11.3 Å². The standard InChI is InChI=1S/C21H21N5O2S2/c1-4-30(27)25-8-14(9-25)26-10-15(18-20(22)23-11-24-21(18)26)17-7-13-5-12(2)6-16(28-3)19(13)29-17/h4-7,10-11,14H,1,8-9H2,2-3H3,(H2,22,23,24). The maximum Gasteiger partial charge on any atom is 0.146 e. The van der Waals surface area contributed by atoms with E-state index in [4.69, 9.17) is 10.5 Å². The molecule has 0 amide bonds. The summed E-state index contributed by atoms with van der Waals surface area (Å²) in [5, 5.41) is 3.45. The van der Waals surface area contributed by atoms with Crippen LogP contribution in [0.25, 0.3) is 31.6 Å². The van der Waals surface area contributed by atoms with Crippen molar-refractivity contribution in [2.24, 2.45) is 0 Å². The Hall–Kier alpha value is -2.75. The Balaban J connectivity index is 1.65. The first-order valence-electron chi connectivity index (χ1n) is 9.48. The molecule has 7 nitrogen and oxygen atoms in total. The molecule has 1 aliphatic heterocycles. The first kappa shape index (κ1) is 19.2. The Bertz CT molecular complexity index is 1320. The van der Waals surface area contributed by atoms with Gasteiger partial charge in [0.05, 0.1) is 23.2 Å². The van der Waals surface area contributed by atoms with Gasteiger partial charge in [0.2, 0.25) is 0 Å². The molecule has 1 fully saturated rings. The van der Waals surface area contributed by atoms with Crippen LogP contribution in [0.3, 0.4) is 0 Å². The zero-order valence-corrected chi connectivity index (χ0v) is 18.3. The Morgan fingerprint density at radius 3 is 2.87 bits per heavy atom. The number of hydrogen-bond acceptors (Lipinski definition) is 6.